The van der Waals surface area contributed by atoms with Gasteiger partial charge in [-0.25, -0.2) is 0 Å². The van der Waals surface area contributed by atoms with Crippen LogP contribution in [-0.4, -0.2) is 13.3 Å². The lowest BCUT2D eigenvalue weighted by Gasteiger charge is -2.23. The second kappa shape index (κ2) is 6.20. The summed E-state index contributed by atoms with van der Waals surface area (Å²) in [7, 11) is 2.14. The van der Waals surface area contributed by atoms with Crippen LogP contribution in [0, 0.1) is 0 Å². The summed E-state index contributed by atoms with van der Waals surface area (Å²) in [6.45, 7) is 4.56. The molecule has 0 atom stereocenters. The van der Waals surface area contributed by atoms with Gasteiger partial charge in [0.15, 0.2) is 0 Å². The van der Waals surface area contributed by atoms with Gasteiger partial charge in [0, 0.05) is 30.1 Å². The zero-order chi connectivity index (χ0) is 19.3. The molecule has 1 aliphatic carbocycles. The molecule has 2 nitrogen and oxygen atoms in total. The third-order valence-corrected chi connectivity index (χ3v) is 6.17. The Balaban J connectivity index is 1.43. The number of para-hydroxylation sites is 1. The predicted octanol–water partition coefficient (Wildman–Crippen LogP) is 6.27. The van der Waals surface area contributed by atoms with Crippen LogP contribution in [0.25, 0.3) is 11.1 Å². The molecule has 1 heterocycles. The van der Waals surface area contributed by atoms with Crippen LogP contribution < -0.4 is 4.90 Å². The van der Waals surface area contributed by atoms with E-state index in [1.54, 1.807) is 0 Å². The van der Waals surface area contributed by atoms with Gasteiger partial charge in [-0.1, -0.05) is 62.4 Å². The number of aliphatic imine (C=N–C) groups is 1. The van der Waals surface area contributed by atoms with Crippen LogP contribution in [0.1, 0.15) is 30.5 Å². The van der Waals surface area contributed by atoms with E-state index in [1.807, 2.05) is 6.21 Å². The largest absolute Gasteiger partial charge is 0.347 e. The van der Waals surface area contributed by atoms with Crippen molar-refractivity contribution >= 4 is 17.6 Å². The molecule has 0 spiro atoms. The summed E-state index contributed by atoms with van der Waals surface area (Å²) in [5.41, 5.74) is 10.4. The van der Waals surface area contributed by atoms with Gasteiger partial charge >= 0.3 is 0 Å². The minimum Gasteiger partial charge on any atom is -0.347 e. The monoisotopic (exact) mass is 364 g/mol. The zero-order valence-corrected chi connectivity index (χ0v) is 16.6. The SMILES string of the molecule is CN1/C(=C\C=Nc2ccc3c(c2)Cc2ccccc2-3)C(C)(C)c2ccccc21. The van der Waals surface area contributed by atoms with E-state index in [0.29, 0.717) is 0 Å². The fourth-order valence-corrected chi connectivity index (χ4v) is 4.71. The highest BCUT2D eigenvalue weighted by Gasteiger charge is 2.37. The Bertz CT molecular complexity index is 1130. The molecule has 3 aromatic carbocycles. The summed E-state index contributed by atoms with van der Waals surface area (Å²) >= 11 is 0. The summed E-state index contributed by atoms with van der Waals surface area (Å²) in [5, 5.41) is 0. The van der Waals surface area contributed by atoms with Crippen molar-refractivity contribution in [3.8, 4) is 11.1 Å². The van der Waals surface area contributed by atoms with Gasteiger partial charge in [0.2, 0.25) is 0 Å². The molecule has 5 rings (SSSR count). The first-order valence-corrected chi connectivity index (χ1v) is 9.85. The van der Waals surface area contributed by atoms with Gasteiger partial charge in [-0.05, 0) is 58.5 Å². The highest BCUT2D eigenvalue weighted by Crippen LogP contribution is 2.46. The van der Waals surface area contributed by atoms with Crippen molar-refractivity contribution < 1.29 is 0 Å². The van der Waals surface area contributed by atoms with Crippen molar-refractivity contribution in [3.63, 3.8) is 0 Å². The van der Waals surface area contributed by atoms with Crippen LogP contribution in [0.5, 0.6) is 0 Å². The lowest BCUT2D eigenvalue weighted by molar-refractivity contribution is 0.641. The average molecular weight is 364 g/mol. The Morgan fingerprint density at radius 1 is 0.893 bits per heavy atom. The minimum absolute atomic E-state index is 0.0169. The third-order valence-electron chi connectivity index (χ3n) is 6.17. The molecule has 0 amide bonds. The molecule has 28 heavy (non-hydrogen) atoms. The number of fused-ring (bicyclic) bond motifs is 4. The van der Waals surface area contributed by atoms with Crippen molar-refractivity contribution in [2.24, 2.45) is 4.99 Å². The minimum atomic E-state index is -0.0169. The summed E-state index contributed by atoms with van der Waals surface area (Å²) in [6, 6.07) is 23.9. The number of hydrogen-bond donors (Lipinski definition) is 0. The topological polar surface area (TPSA) is 15.6 Å². The van der Waals surface area contributed by atoms with Gasteiger partial charge in [0.25, 0.3) is 0 Å². The molecule has 1 aliphatic heterocycles. The number of benzene rings is 3. The Kier molecular flexibility index (Phi) is 3.77. The Hall–Kier alpha value is -3.13. The first kappa shape index (κ1) is 17.0. The highest BCUT2D eigenvalue weighted by molar-refractivity contribution is 5.82. The second-order valence-electron chi connectivity index (χ2n) is 8.21. The van der Waals surface area contributed by atoms with Crippen LogP contribution in [0.15, 0.2) is 83.5 Å². The smallest absolute Gasteiger partial charge is 0.0632 e. The second-order valence-corrected chi connectivity index (χ2v) is 8.21. The summed E-state index contributed by atoms with van der Waals surface area (Å²) < 4.78 is 0. The molecule has 2 heteroatoms. The van der Waals surface area contributed by atoms with Crippen molar-refractivity contribution in [2.75, 3.05) is 11.9 Å². The Labute approximate surface area is 166 Å². The maximum absolute atomic E-state index is 4.74. The van der Waals surface area contributed by atoms with Crippen molar-refractivity contribution in [1.29, 1.82) is 0 Å². The molecule has 0 saturated carbocycles. The standard InChI is InChI=1S/C26H24N2/c1-26(2)23-10-6-7-11-24(23)28(3)25(26)14-15-27-20-12-13-22-19(17-20)16-18-8-4-5-9-21(18)22/h4-15,17H,16H2,1-3H3/b25-14-,27-15?. The Morgan fingerprint density at radius 3 is 2.50 bits per heavy atom. The van der Waals surface area contributed by atoms with E-state index in [0.717, 1.165) is 12.1 Å². The average Bonchev–Trinajstić information content (AvgIpc) is 3.16. The molecule has 138 valence electrons. The van der Waals surface area contributed by atoms with Crippen LogP contribution >= 0.6 is 0 Å². The van der Waals surface area contributed by atoms with Crippen LogP contribution in [0.3, 0.4) is 0 Å². The lowest BCUT2D eigenvalue weighted by atomic mass is 9.84. The van der Waals surface area contributed by atoms with Gasteiger partial charge < -0.3 is 4.90 Å². The summed E-state index contributed by atoms with van der Waals surface area (Å²) in [6.07, 6.45) is 5.10. The highest BCUT2D eigenvalue weighted by atomic mass is 15.2. The van der Waals surface area contributed by atoms with Gasteiger partial charge in [0.05, 0.1) is 5.69 Å². The molecule has 0 bridgehead atoms. The van der Waals surface area contributed by atoms with Crippen molar-refractivity contribution in [3.05, 3.63) is 95.2 Å². The molecule has 0 radical (unpaired) electrons. The predicted molar refractivity (Wildman–Crippen MR) is 119 cm³/mol. The number of hydrogen-bond acceptors (Lipinski definition) is 2. The van der Waals surface area contributed by atoms with E-state index in [-0.39, 0.29) is 5.41 Å². The van der Waals surface area contributed by atoms with Gasteiger partial charge in [-0.15, -0.1) is 0 Å². The molecule has 0 unspecified atom stereocenters. The van der Waals surface area contributed by atoms with E-state index < -0.39 is 0 Å². The molecule has 0 saturated heterocycles. The molecule has 0 N–H and O–H groups in total. The lowest BCUT2D eigenvalue weighted by Crippen LogP contribution is -2.22. The molecule has 0 aromatic heterocycles. The molecule has 0 fully saturated rings. The summed E-state index contributed by atoms with van der Waals surface area (Å²) in [5.74, 6) is 0. The third kappa shape index (κ3) is 2.52. The molecule has 2 aliphatic rings. The molecular weight excluding hydrogens is 340 g/mol. The first-order valence-electron chi connectivity index (χ1n) is 9.85. The van der Waals surface area contributed by atoms with E-state index in [4.69, 9.17) is 4.99 Å². The fourth-order valence-electron chi connectivity index (χ4n) is 4.71. The van der Waals surface area contributed by atoms with E-state index in [9.17, 15) is 0 Å². The quantitative estimate of drug-likeness (QED) is 0.383. The van der Waals surface area contributed by atoms with Crippen LogP contribution in [0.4, 0.5) is 11.4 Å². The van der Waals surface area contributed by atoms with Crippen LogP contribution in [0.2, 0.25) is 0 Å². The fraction of sp³-hybridized carbons (Fsp3) is 0.192. The zero-order valence-electron chi connectivity index (χ0n) is 16.6. The molecule has 3 aromatic rings. The maximum Gasteiger partial charge on any atom is 0.0632 e. The normalized spacial score (nSPS) is 17.8. The van der Waals surface area contributed by atoms with Crippen LogP contribution in [-0.2, 0) is 11.8 Å². The van der Waals surface area contributed by atoms with Crippen molar-refractivity contribution in [1.82, 2.24) is 0 Å². The number of rotatable bonds is 2. The maximum atomic E-state index is 4.74. The van der Waals surface area contributed by atoms with Gasteiger partial charge in [0.1, 0.15) is 0 Å². The van der Waals surface area contributed by atoms with Gasteiger partial charge in [-0.3, -0.25) is 4.99 Å². The van der Waals surface area contributed by atoms with E-state index in [1.165, 1.54) is 39.2 Å². The molecular formula is C26H24N2. The Morgan fingerprint density at radius 2 is 1.64 bits per heavy atom. The van der Waals surface area contributed by atoms with Crippen molar-refractivity contribution in [2.45, 2.75) is 25.7 Å². The number of allylic oxidation sites excluding steroid dienone is 2. The first-order chi connectivity index (χ1) is 13.6. The number of likely N-dealkylation sites (N-methyl/N-ethyl adjacent to an activating group) is 1. The van der Waals surface area contributed by atoms with E-state index in [2.05, 4.69) is 98.6 Å². The van der Waals surface area contributed by atoms with E-state index >= 15 is 0 Å². The number of anilines is 1. The summed E-state index contributed by atoms with van der Waals surface area (Å²) in [4.78, 5) is 7.02. The number of nitrogens with zero attached hydrogens (tertiary/aromatic N) is 2. The van der Waals surface area contributed by atoms with Gasteiger partial charge in [-0.2, -0.15) is 0 Å².